The van der Waals surface area contributed by atoms with Gasteiger partial charge in [-0.05, 0) is 69.7 Å². The third kappa shape index (κ3) is 4.17. The Morgan fingerprint density at radius 2 is 1.73 bits per heavy atom. The average Bonchev–Trinajstić information content (AvgIpc) is 3.09. The molecule has 2 heterocycles. The molecule has 0 bridgehead atoms. The Morgan fingerprint density at radius 1 is 1.05 bits per heavy atom. The van der Waals surface area contributed by atoms with Crippen LogP contribution in [0.3, 0.4) is 0 Å². The molecule has 1 saturated carbocycles. The zero-order valence-corrected chi connectivity index (χ0v) is 14.9. The van der Waals surface area contributed by atoms with Gasteiger partial charge in [0.25, 0.3) is 0 Å². The van der Waals surface area contributed by atoms with E-state index >= 15 is 0 Å². The minimum atomic E-state index is 0. The molecule has 1 amide bonds. The zero-order valence-electron chi connectivity index (χ0n) is 14.1. The predicted molar refractivity (Wildman–Crippen MR) is 93.3 cm³/mol. The summed E-state index contributed by atoms with van der Waals surface area (Å²) in [5.74, 6) is 2.51. The molecule has 2 saturated heterocycles. The van der Waals surface area contributed by atoms with E-state index in [1.54, 1.807) is 0 Å². The number of piperidine rings is 1. The van der Waals surface area contributed by atoms with E-state index in [4.69, 9.17) is 0 Å². The standard InChI is InChI=1S/C18H32N2O.ClH/c1-2-14-5-7-16(8-6-14)18(21)20-12-9-15(10-13-20)17-4-3-11-19-17;/h14-17,19H,2-13H2,1H3;1H. The molecule has 0 aromatic heterocycles. The number of hydrogen-bond donors (Lipinski definition) is 1. The fourth-order valence-corrected chi connectivity index (χ4v) is 4.71. The lowest BCUT2D eigenvalue weighted by atomic mass is 9.80. The van der Waals surface area contributed by atoms with Crippen molar-refractivity contribution in [2.45, 2.75) is 70.8 Å². The largest absolute Gasteiger partial charge is 0.342 e. The van der Waals surface area contributed by atoms with Gasteiger partial charge in [0, 0.05) is 25.0 Å². The van der Waals surface area contributed by atoms with Gasteiger partial charge in [0.05, 0.1) is 0 Å². The van der Waals surface area contributed by atoms with Crippen molar-refractivity contribution < 1.29 is 4.79 Å². The molecule has 0 radical (unpaired) electrons. The van der Waals surface area contributed by atoms with Gasteiger partial charge in [0.15, 0.2) is 0 Å². The highest BCUT2D eigenvalue weighted by Gasteiger charge is 2.33. The van der Waals surface area contributed by atoms with Crippen LogP contribution in [0.15, 0.2) is 0 Å². The second kappa shape index (κ2) is 8.54. The minimum absolute atomic E-state index is 0. The van der Waals surface area contributed by atoms with Crippen molar-refractivity contribution in [1.82, 2.24) is 10.2 Å². The van der Waals surface area contributed by atoms with Crippen LogP contribution in [0.1, 0.15) is 64.7 Å². The van der Waals surface area contributed by atoms with E-state index in [9.17, 15) is 4.79 Å². The summed E-state index contributed by atoms with van der Waals surface area (Å²) in [6.45, 7) is 5.50. The summed E-state index contributed by atoms with van der Waals surface area (Å²) in [7, 11) is 0. The molecule has 128 valence electrons. The number of halogens is 1. The molecule has 1 atom stereocenters. The molecule has 3 rings (SSSR count). The van der Waals surface area contributed by atoms with Gasteiger partial charge in [-0.3, -0.25) is 4.79 Å². The molecule has 3 fully saturated rings. The third-order valence-electron chi connectivity index (χ3n) is 6.29. The van der Waals surface area contributed by atoms with Crippen LogP contribution in [0.25, 0.3) is 0 Å². The Morgan fingerprint density at radius 3 is 2.27 bits per heavy atom. The Bertz CT molecular complexity index is 341. The number of nitrogens with one attached hydrogen (secondary N) is 1. The van der Waals surface area contributed by atoms with Crippen LogP contribution < -0.4 is 5.32 Å². The Hall–Kier alpha value is -0.280. The van der Waals surface area contributed by atoms with E-state index in [0.717, 1.165) is 43.8 Å². The van der Waals surface area contributed by atoms with E-state index < -0.39 is 0 Å². The lowest BCUT2D eigenvalue weighted by Gasteiger charge is -2.38. The lowest BCUT2D eigenvalue weighted by molar-refractivity contribution is -0.138. The number of nitrogens with zero attached hydrogens (tertiary/aromatic N) is 1. The summed E-state index contributed by atoms with van der Waals surface area (Å²) in [5, 5.41) is 3.64. The summed E-state index contributed by atoms with van der Waals surface area (Å²) < 4.78 is 0. The summed E-state index contributed by atoms with van der Waals surface area (Å²) in [4.78, 5) is 14.9. The molecule has 4 heteroatoms. The van der Waals surface area contributed by atoms with Gasteiger partial charge in [-0.15, -0.1) is 12.4 Å². The van der Waals surface area contributed by atoms with Crippen LogP contribution >= 0.6 is 12.4 Å². The van der Waals surface area contributed by atoms with E-state index in [1.807, 2.05) is 0 Å². The van der Waals surface area contributed by atoms with Crippen molar-refractivity contribution in [2.75, 3.05) is 19.6 Å². The van der Waals surface area contributed by atoms with Crippen LogP contribution in [0, 0.1) is 17.8 Å². The maximum absolute atomic E-state index is 12.7. The van der Waals surface area contributed by atoms with Crippen LogP contribution in [0.5, 0.6) is 0 Å². The van der Waals surface area contributed by atoms with E-state index in [0.29, 0.717) is 11.8 Å². The fourth-order valence-electron chi connectivity index (χ4n) is 4.71. The van der Waals surface area contributed by atoms with Crippen LogP contribution in [0.4, 0.5) is 0 Å². The van der Waals surface area contributed by atoms with Gasteiger partial charge >= 0.3 is 0 Å². The van der Waals surface area contributed by atoms with Crippen LogP contribution in [-0.2, 0) is 4.79 Å². The zero-order chi connectivity index (χ0) is 14.7. The van der Waals surface area contributed by atoms with Gasteiger partial charge in [-0.1, -0.05) is 13.3 Å². The van der Waals surface area contributed by atoms with E-state index in [1.165, 1.54) is 51.5 Å². The average molecular weight is 329 g/mol. The molecular weight excluding hydrogens is 296 g/mol. The smallest absolute Gasteiger partial charge is 0.225 e. The molecular formula is C18H33ClN2O. The quantitative estimate of drug-likeness (QED) is 0.858. The molecule has 3 aliphatic rings. The molecule has 1 aliphatic carbocycles. The Kier molecular flexibility index (Phi) is 7.01. The molecule has 1 N–H and O–H groups in total. The molecule has 0 aromatic carbocycles. The van der Waals surface area contributed by atoms with Crippen molar-refractivity contribution in [3.63, 3.8) is 0 Å². The number of amides is 1. The second-order valence-electron chi connectivity index (χ2n) is 7.49. The Labute approximate surface area is 142 Å². The van der Waals surface area contributed by atoms with Gasteiger partial charge in [0.1, 0.15) is 0 Å². The first kappa shape index (κ1) is 18.1. The topological polar surface area (TPSA) is 32.3 Å². The predicted octanol–water partition coefficient (Wildman–Crippen LogP) is 3.62. The maximum atomic E-state index is 12.7. The number of carbonyl (C=O) groups excluding carboxylic acids is 1. The van der Waals surface area contributed by atoms with Gasteiger partial charge in [0.2, 0.25) is 5.91 Å². The fraction of sp³-hybridized carbons (Fsp3) is 0.944. The highest BCUT2D eigenvalue weighted by molar-refractivity contribution is 5.85. The minimum Gasteiger partial charge on any atom is -0.342 e. The normalized spacial score (nSPS) is 33.5. The van der Waals surface area contributed by atoms with Crippen LogP contribution in [0.2, 0.25) is 0 Å². The number of likely N-dealkylation sites (tertiary alicyclic amines) is 1. The highest BCUT2D eigenvalue weighted by Crippen LogP contribution is 2.33. The van der Waals surface area contributed by atoms with Crippen molar-refractivity contribution in [3.05, 3.63) is 0 Å². The first-order valence-corrected chi connectivity index (χ1v) is 9.30. The molecule has 1 unspecified atom stereocenters. The second-order valence-corrected chi connectivity index (χ2v) is 7.49. The van der Waals surface area contributed by atoms with Gasteiger partial charge in [-0.2, -0.15) is 0 Å². The molecule has 2 aliphatic heterocycles. The molecule has 0 spiro atoms. The number of carbonyl (C=O) groups is 1. The first-order chi connectivity index (χ1) is 10.3. The Balaban J connectivity index is 0.00000176. The monoisotopic (exact) mass is 328 g/mol. The third-order valence-corrected chi connectivity index (χ3v) is 6.29. The summed E-state index contributed by atoms with van der Waals surface area (Å²) in [5.41, 5.74) is 0. The van der Waals surface area contributed by atoms with Crippen molar-refractivity contribution in [1.29, 1.82) is 0 Å². The summed E-state index contributed by atoms with van der Waals surface area (Å²) >= 11 is 0. The number of hydrogen-bond acceptors (Lipinski definition) is 2. The van der Waals surface area contributed by atoms with Crippen molar-refractivity contribution in [2.24, 2.45) is 17.8 Å². The molecule has 0 aromatic rings. The highest BCUT2D eigenvalue weighted by atomic mass is 35.5. The van der Waals surface area contributed by atoms with Gasteiger partial charge < -0.3 is 10.2 Å². The van der Waals surface area contributed by atoms with Crippen LogP contribution in [-0.4, -0.2) is 36.5 Å². The summed E-state index contributed by atoms with van der Waals surface area (Å²) in [6.07, 6.45) is 11.2. The summed E-state index contributed by atoms with van der Waals surface area (Å²) in [6, 6.07) is 0.738. The number of rotatable bonds is 3. The SMILES string of the molecule is CCC1CCC(C(=O)N2CCC(C3CCCN3)CC2)CC1.Cl. The molecule has 22 heavy (non-hydrogen) atoms. The lowest BCUT2D eigenvalue weighted by Crippen LogP contribution is -2.45. The first-order valence-electron chi connectivity index (χ1n) is 9.30. The van der Waals surface area contributed by atoms with Crippen molar-refractivity contribution >= 4 is 18.3 Å². The van der Waals surface area contributed by atoms with E-state index in [2.05, 4.69) is 17.1 Å². The van der Waals surface area contributed by atoms with E-state index in [-0.39, 0.29) is 12.4 Å². The maximum Gasteiger partial charge on any atom is 0.225 e. The van der Waals surface area contributed by atoms with Gasteiger partial charge in [-0.25, -0.2) is 0 Å². The van der Waals surface area contributed by atoms with Crippen molar-refractivity contribution in [3.8, 4) is 0 Å². The molecule has 3 nitrogen and oxygen atoms in total.